The fraction of sp³-hybridized carbons (Fsp3) is 0.625. The summed E-state index contributed by atoms with van der Waals surface area (Å²) in [7, 11) is 1.52. The van der Waals surface area contributed by atoms with Gasteiger partial charge in [0.15, 0.2) is 0 Å². The summed E-state index contributed by atoms with van der Waals surface area (Å²) in [5.41, 5.74) is 1.31. The highest BCUT2D eigenvalue weighted by atomic mass is 32.2. The summed E-state index contributed by atoms with van der Waals surface area (Å²) >= 11 is 1.05. The molecule has 0 aromatic heterocycles. The van der Waals surface area contributed by atoms with Crippen LogP contribution >= 0.6 is 12.0 Å². The van der Waals surface area contributed by atoms with Gasteiger partial charge in [-0.15, -0.1) is 0 Å². The lowest BCUT2D eigenvalue weighted by Crippen LogP contribution is -2.12. The van der Waals surface area contributed by atoms with Crippen molar-refractivity contribution in [3.05, 3.63) is 28.3 Å². The van der Waals surface area contributed by atoms with Crippen molar-refractivity contribution in [1.29, 1.82) is 0 Å². The van der Waals surface area contributed by atoms with Gasteiger partial charge < -0.3 is 4.18 Å². The molecule has 1 rings (SSSR count). The lowest BCUT2D eigenvalue weighted by Gasteiger charge is -2.24. The van der Waals surface area contributed by atoms with Crippen molar-refractivity contribution < 1.29 is 13.0 Å². The Labute approximate surface area is 125 Å². The molecule has 0 saturated heterocycles. The summed E-state index contributed by atoms with van der Waals surface area (Å²) in [5.74, 6) is -1.08. The molecule has 0 fully saturated rings. The molecule has 0 N–H and O–H groups in total. The van der Waals surface area contributed by atoms with Crippen molar-refractivity contribution >= 4 is 12.0 Å². The zero-order chi connectivity index (χ0) is 15.6. The fourth-order valence-corrected chi connectivity index (χ4v) is 3.44. The van der Waals surface area contributed by atoms with E-state index in [2.05, 4.69) is 0 Å². The molecule has 0 aliphatic heterocycles. The minimum Gasteiger partial charge on any atom is -0.314 e. The van der Waals surface area contributed by atoms with Crippen LogP contribution in [0.15, 0.2) is 4.90 Å². The van der Waals surface area contributed by atoms with E-state index in [4.69, 9.17) is 4.18 Å². The molecule has 0 heterocycles. The van der Waals surface area contributed by atoms with Crippen LogP contribution in [0.1, 0.15) is 76.0 Å². The van der Waals surface area contributed by atoms with Crippen molar-refractivity contribution in [2.24, 2.45) is 0 Å². The highest BCUT2D eigenvalue weighted by molar-refractivity contribution is 7.94. The van der Waals surface area contributed by atoms with Gasteiger partial charge in [-0.25, -0.2) is 8.78 Å². The number of halogens is 2. The first kappa shape index (κ1) is 17.4. The van der Waals surface area contributed by atoms with Crippen LogP contribution in [-0.4, -0.2) is 7.11 Å². The van der Waals surface area contributed by atoms with Crippen molar-refractivity contribution in [3.8, 4) is 0 Å². The Bertz CT molecular complexity index is 447. The number of hydrogen-bond donors (Lipinski definition) is 0. The van der Waals surface area contributed by atoms with Gasteiger partial charge in [0, 0.05) is 33.6 Å². The zero-order valence-electron chi connectivity index (χ0n) is 13.3. The van der Waals surface area contributed by atoms with Gasteiger partial charge >= 0.3 is 0 Å². The Hall–Kier alpha value is -0.610. The second-order valence-electron chi connectivity index (χ2n) is 5.91. The standard InChI is InChI=1S/C16H24F2OS/c1-8(2)11-14(17)12(9(3)4)16(20-19-7)13(10(5)6)15(11)18/h8-10H,1-7H3. The molecule has 0 bridgehead atoms. The fourth-order valence-electron chi connectivity index (χ4n) is 2.44. The third kappa shape index (κ3) is 3.17. The predicted octanol–water partition coefficient (Wildman–Crippen LogP) is 5.99. The zero-order valence-corrected chi connectivity index (χ0v) is 14.1. The summed E-state index contributed by atoms with van der Waals surface area (Å²) in [5, 5.41) is 0. The molecule has 0 unspecified atom stereocenters. The van der Waals surface area contributed by atoms with E-state index in [0.717, 1.165) is 12.0 Å². The van der Waals surface area contributed by atoms with Gasteiger partial charge in [-0.1, -0.05) is 41.5 Å². The predicted molar refractivity (Wildman–Crippen MR) is 81.5 cm³/mol. The normalized spacial score (nSPS) is 12.0. The monoisotopic (exact) mass is 302 g/mol. The van der Waals surface area contributed by atoms with E-state index < -0.39 is 11.6 Å². The molecule has 4 heteroatoms. The largest absolute Gasteiger partial charge is 0.314 e. The van der Waals surface area contributed by atoms with Crippen LogP contribution in [0.25, 0.3) is 0 Å². The summed E-state index contributed by atoms with van der Waals surface area (Å²) < 4.78 is 34.6. The summed E-state index contributed by atoms with van der Waals surface area (Å²) in [6.07, 6.45) is 0. The second kappa shape index (κ2) is 6.90. The molecule has 0 radical (unpaired) electrons. The third-order valence-electron chi connectivity index (χ3n) is 3.33. The molecule has 0 spiro atoms. The maximum Gasteiger partial charge on any atom is 0.134 e. The number of hydrogen-bond acceptors (Lipinski definition) is 2. The van der Waals surface area contributed by atoms with Gasteiger partial charge in [-0.2, -0.15) is 0 Å². The van der Waals surface area contributed by atoms with E-state index in [9.17, 15) is 8.78 Å². The molecule has 0 amide bonds. The van der Waals surface area contributed by atoms with Crippen molar-refractivity contribution in [2.75, 3.05) is 7.11 Å². The van der Waals surface area contributed by atoms with Crippen molar-refractivity contribution in [2.45, 2.75) is 64.2 Å². The average molecular weight is 302 g/mol. The number of benzene rings is 1. The van der Waals surface area contributed by atoms with E-state index in [0.29, 0.717) is 16.0 Å². The highest BCUT2D eigenvalue weighted by Crippen LogP contribution is 2.42. The molecule has 0 atom stereocenters. The van der Waals surface area contributed by atoms with Gasteiger partial charge in [-0.05, 0) is 17.8 Å². The molecule has 0 saturated carbocycles. The quantitative estimate of drug-likeness (QED) is 0.618. The summed E-state index contributed by atoms with van der Waals surface area (Å²) in [6.45, 7) is 11.3. The Morgan fingerprint density at radius 2 is 1.10 bits per heavy atom. The van der Waals surface area contributed by atoms with E-state index in [1.54, 1.807) is 0 Å². The Morgan fingerprint density at radius 3 is 1.35 bits per heavy atom. The van der Waals surface area contributed by atoms with Crippen LogP contribution in [0.3, 0.4) is 0 Å². The first-order chi connectivity index (χ1) is 9.23. The van der Waals surface area contributed by atoms with Crippen molar-refractivity contribution in [3.63, 3.8) is 0 Å². The molecule has 0 aliphatic carbocycles. The summed E-state index contributed by atoms with van der Waals surface area (Å²) in [6, 6.07) is 0. The van der Waals surface area contributed by atoms with Gasteiger partial charge in [0.2, 0.25) is 0 Å². The van der Waals surface area contributed by atoms with Crippen LogP contribution in [0, 0.1) is 11.6 Å². The lowest BCUT2D eigenvalue weighted by atomic mass is 9.88. The summed E-state index contributed by atoms with van der Waals surface area (Å²) in [4.78, 5) is 0.594. The van der Waals surface area contributed by atoms with Crippen LogP contribution in [0.5, 0.6) is 0 Å². The van der Waals surface area contributed by atoms with E-state index >= 15 is 0 Å². The molecule has 20 heavy (non-hydrogen) atoms. The van der Waals surface area contributed by atoms with E-state index in [1.165, 1.54) is 7.11 Å². The maximum absolute atomic E-state index is 14.8. The highest BCUT2D eigenvalue weighted by Gasteiger charge is 2.28. The Balaban J connectivity index is 3.80. The molecular weight excluding hydrogens is 278 g/mol. The first-order valence-electron chi connectivity index (χ1n) is 6.99. The molecule has 0 aliphatic rings. The molecule has 1 aromatic carbocycles. The van der Waals surface area contributed by atoms with Crippen LogP contribution in [0.4, 0.5) is 8.78 Å². The third-order valence-corrected chi connectivity index (χ3v) is 4.11. The SMILES string of the molecule is COSc1c(C(C)C)c(F)c(C(C)C)c(F)c1C(C)C. The Kier molecular flexibility index (Phi) is 6.02. The van der Waals surface area contributed by atoms with Crippen LogP contribution < -0.4 is 0 Å². The van der Waals surface area contributed by atoms with Gasteiger partial charge in [-0.3, -0.25) is 0 Å². The molecular formula is C16H24F2OS. The van der Waals surface area contributed by atoms with Crippen molar-refractivity contribution in [1.82, 2.24) is 0 Å². The molecule has 114 valence electrons. The van der Waals surface area contributed by atoms with Gasteiger partial charge in [0.05, 0.1) is 7.11 Å². The number of rotatable bonds is 5. The Morgan fingerprint density at radius 1 is 0.750 bits per heavy atom. The van der Waals surface area contributed by atoms with Gasteiger partial charge in [0.1, 0.15) is 11.6 Å². The topological polar surface area (TPSA) is 9.23 Å². The molecule has 1 aromatic rings. The maximum atomic E-state index is 14.8. The minimum atomic E-state index is -0.420. The van der Waals surface area contributed by atoms with E-state index in [1.807, 2.05) is 41.5 Å². The minimum absolute atomic E-state index is 0.0248. The second-order valence-corrected chi connectivity index (χ2v) is 6.82. The smallest absolute Gasteiger partial charge is 0.134 e. The first-order valence-corrected chi connectivity index (χ1v) is 7.73. The van der Waals surface area contributed by atoms with Crippen LogP contribution in [0.2, 0.25) is 0 Å². The molecule has 1 nitrogen and oxygen atoms in total. The average Bonchev–Trinajstić information content (AvgIpc) is 2.26. The lowest BCUT2D eigenvalue weighted by molar-refractivity contribution is 0.477. The van der Waals surface area contributed by atoms with Crippen LogP contribution in [-0.2, 0) is 4.18 Å². The van der Waals surface area contributed by atoms with E-state index in [-0.39, 0.29) is 23.3 Å². The van der Waals surface area contributed by atoms with Gasteiger partial charge in [0.25, 0.3) is 0 Å².